The molecule has 4 aromatic heterocycles. The minimum atomic E-state index is 0.856. The van der Waals surface area contributed by atoms with Crippen LogP contribution in [0.2, 0.25) is 0 Å². The van der Waals surface area contributed by atoms with Crippen molar-refractivity contribution in [2.75, 3.05) is 14.2 Å². The van der Waals surface area contributed by atoms with Crippen LogP contribution in [0.5, 0.6) is 11.5 Å². The molecule has 42 heavy (non-hydrogen) atoms. The van der Waals surface area contributed by atoms with Gasteiger partial charge in [-0.2, -0.15) is 0 Å². The van der Waals surface area contributed by atoms with E-state index in [1.165, 1.54) is 83.8 Å². The molecule has 6 rings (SSSR count). The van der Waals surface area contributed by atoms with E-state index in [0.717, 1.165) is 29.2 Å². The van der Waals surface area contributed by atoms with E-state index >= 15 is 0 Å². The van der Waals surface area contributed by atoms with Crippen molar-refractivity contribution in [1.82, 2.24) is 0 Å². The molecule has 0 amide bonds. The molecule has 0 aliphatic heterocycles. The summed E-state index contributed by atoms with van der Waals surface area (Å²) < 4.78 is 19.2. The summed E-state index contributed by atoms with van der Waals surface area (Å²) in [6.45, 7) is 5.44. The Bertz CT molecular complexity index is 1780. The molecule has 0 fully saturated rings. The number of pyridine rings is 1. The van der Waals surface area contributed by atoms with Gasteiger partial charge in [0.25, 0.3) is 0 Å². The number of unbranched alkanes of at least 4 members (excludes halogenated alkanes) is 5. The Hall–Kier alpha value is -3.19. The first-order chi connectivity index (χ1) is 20.6. The first-order valence-electron chi connectivity index (χ1n) is 14.9. The molecule has 6 aromatic rings. The van der Waals surface area contributed by atoms with E-state index in [9.17, 15) is 0 Å². The highest BCUT2D eigenvalue weighted by Gasteiger charge is 2.20. The van der Waals surface area contributed by atoms with Crippen LogP contribution in [-0.2, 0) is 6.54 Å². The van der Waals surface area contributed by atoms with Gasteiger partial charge in [-0.05, 0) is 65.9 Å². The van der Waals surface area contributed by atoms with Crippen molar-refractivity contribution in [3.8, 4) is 43.5 Å². The summed E-state index contributed by atoms with van der Waals surface area (Å²) in [5.74, 6) is 1.71. The molecule has 0 N–H and O–H groups in total. The van der Waals surface area contributed by atoms with E-state index < -0.39 is 0 Å². The summed E-state index contributed by atoms with van der Waals surface area (Å²) in [4.78, 5) is 2.50. The molecule has 216 valence electrons. The lowest BCUT2D eigenvalue weighted by molar-refractivity contribution is -0.697. The normalized spacial score (nSPS) is 11.5. The third kappa shape index (κ3) is 5.98. The fraction of sp³-hybridized carbons (Fsp3) is 0.306. The molecule has 0 bridgehead atoms. The highest BCUT2D eigenvalue weighted by molar-refractivity contribution is 7.40. The van der Waals surface area contributed by atoms with E-state index in [0.29, 0.717) is 0 Å². The number of hydrogen-bond acceptors (Lipinski definition) is 5. The number of aryl methyl sites for hydroxylation is 2. The molecule has 0 atom stereocenters. The fourth-order valence-corrected chi connectivity index (χ4v) is 9.69. The van der Waals surface area contributed by atoms with Crippen molar-refractivity contribution in [3.05, 3.63) is 78.6 Å². The average molecular weight is 613 g/mol. The van der Waals surface area contributed by atoms with Crippen LogP contribution in [0, 0.1) is 6.92 Å². The SMILES string of the molecule is CCCCCCCC[n+]1ccc(-c2cccc(-c3cc4sc5cc(-c6c(OC)cc(C)cc6OC)sc5c4s3)c2)cc1. The van der Waals surface area contributed by atoms with Crippen molar-refractivity contribution < 1.29 is 14.0 Å². The van der Waals surface area contributed by atoms with Crippen molar-refractivity contribution in [3.63, 3.8) is 0 Å². The van der Waals surface area contributed by atoms with E-state index in [-0.39, 0.29) is 0 Å². The summed E-state index contributed by atoms with van der Waals surface area (Å²) >= 11 is 5.60. The van der Waals surface area contributed by atoms with Gasteiger partial charge in [-0.3, -0.25) is 0 Å². The van der Waals surface area contributed by atoms with Gasteiger partial charge in [0.05, 0.1) is 29.2 Å². The highest BCUT2D eigenvalue weighted by Crippen LogP contribution is 2.51. The van der Waals surface area contributed by atoms with Gasteiger partial charge in [-0.15, -0.1) is 34.0 Å². The van der Waals surface area contributed by atoms with Gasteiger partial charge < -0.3 is 9.47 Å². The Balaban J connectivity index is 1.23. The van der Waals surface area contributed by atoms with Crippen molar-refractivity contribution in [2.45, 2.75) is 58.9 Å². The van der Waals surface area contributed by atoms with Gasteiger partial charge in [0.1, 0.15) is 18.0 Å². The van der Waals surface area contributed by atoms with Crippen LogP contribution >= 0.6 is 34.0 Å². The van der Waals surface area contributed by atoms with Crippen LogP contribution in [0.1, 0.15) is 51.0 Å². The van der Waals surface area contributed by atoms with Crippen LogP contribution in [0.15, 0.2) is 73.1 Å². The van der Waals surface area contributed by atoms with Gasteiger partial charge in [0, 0.05) is 37.7 Å². The van der Waals surface area contributed by atoms with Gasteiger partial charge in [0.15, 0.2) is 12.4 Å². The van der Waals surface area contributed by atoms with E-state index in [4.69, 9.17) is 9.47 Å². The Morgan fingerprint density at radius 2 is 1.26 bits per heavy atom. The summed E-state index contributed by atoms with van der Waals surface area (Å²) in [7, 11) is 3.46. The number of nitrogens with zero attached hydrogens (tertiary/aromatic N) is 1. The predicted molar refractivity (Wildman–Crippen MR) is 183 cm³/mol. The molecule has 4 heterocycles. The van der Waals surface area contributed by atoms with Gasteiger partial charge in [0.2, 0.25) is 0 Å². The standard InChI is InChI=1S/C36H38NO2S3/c1-5-6-7-8-9-10-16-37-17-14-25(15-18-37)26-12-11-13-27(21-26)30-22-32-35(41-30)36-33(40-32)23-31(42-36)34-28(38-3)19-24(2)20-29(34)39-4/h11-15,17-23H,5-10,16H2,1-4H3/q+1. The first kappa shape index (κ1) is 28.9. The lowest BCUT2D eigenvalue weighted by Crippen LogP contribution is -2.32. The number of rotatable bonds is 12. The van der Waals surface area contributed by atoms with Crippen molar-refractivity contribution in [2.24, 2.45) is 0 Å². The number of hydrogen-bond donors (Lipinski definition) is 0. The molecule has 0 spiro atoms. The molecular formula is C36H38NO2S3+. The molecule has 2 aromatic carbocycles. The van der Waals surface area contributed by atoms with Gasteiger partial charge >= 0.3 is 0 Å². The van der Waals surface area contributed by atoms with E-state index in [1.807, 2.05) is 34.0 Å². The molecule has 0 aliphatic carbocycles. The average Bonchev–Trinajstić information content (AvgIpc) is 3.70. The maximum absolute atomic E-state index is 5.76. The summed E-state index contributed by atoms with van der Waals surface area (Å²) in [5, 5.41) is 0. The van der Waals surface area contributed by atoms with Crippen LogP contribution in [0.4, 0.5) is 0 Å². The summed E-state index contributed by atoms with van der Waals surface area (Å²) in [6, 6.07) is 22.3. The molecular weight excluding hydrogens is 575 g/mol. The van der Waals surface area contributed by atoms with Crippen LogP contribution in [0.25, 0.3) is 50.8 Å². The molecule has 3 nitrogen and oxygen atoms in total. The predicted octanol–water partition coefficient (Wildman–Crippen LogP) is 11.2. The zero-order chi connectivity index (χ0) is 29.1. The number of methoxy groups -OCH3 is 2. The first-order valence-corrected chi connectivity index (χ1v) is 17.3. The lowest BCUT2D eigenvalue weighted by atomic mass is 10.0. The molecule has 0 radical (unpaired) electrons. The maximum atomic E-state index is 5.76. The quantitative estimate of drug-likeness (QED) is 0.101. The number of benzene rings is 2. The zero-order valence-corrected chi connectivity index (χ0v) is 27.3. The molecule has 0 saturated carbocycles. The highest BCUT2D eigenvalue weighted by atomic mass is 32.1. The second-order valence-electron chi connectivity index (χ2n) is 10.9. The second kappa shape index (κ2) is 13.0. The number of aromatic nitrogens is 1. The number of ether oxygens (including phenoxy) is 2. The van der Waals surface area contributed by atoms with Crippen LogP contribution in [0.3, 0.4) is 0 Å². The largest absolute Gasteiger partial charge is 0.496 e. The second-order valence-corrected chi connectivity index (χ2v) is 14.1. The Morgan fingerprint density at radius 3 is 1.95 bits per heavy atom. The Labute approximate surface area is 261 Å². The van der Waals surface area contributed by atoms with Crippen molar-refractivity contribution >= 4 is 52.8 Å². The van der Waals surface area contributed by atoms with Gasteiger partial charge in [-0.25, -0.2) is 4.57 Å². The topological polar surface area (TPSA) is 22.3 Å². The fourth-order valence-electron chi connectivity index (χ4n) is 5.61. The minimum Gasteiger partial charge on any atom is -0.496 e. The number of thiophene rings is 3. The molecule has 6 heteroatoms. The van der Waals surface area contributed by atoms with Crippen molar-refractivity contribution in [1.29, 1.82) is 0 Å². The summed E-state index contributed by atoms with van der Waals surface area (Å²) in [6.07, 6.45) is 12.4. The Morgan fingerprint density at radius 1 is 0.643 bits per heavy atom. The smallest absolute Gasteiger partial charge is 0.169 e. The summed E-state index contributed by atoms with van der Waals surface area (Å²) in [5.41, 5.74) is 5.96. The molecule has 0 aliphatic rings. The zero-order valence-electron chi connectivity index (χ0n) is 24.9. The molecule has 0 saturated heterocycles. The monoisotopic (exact) mass is 612 g/mol. The minimum absolute atomic E-state index is 0.856. The van der Waals surface area contributed by atoms with E-state index in [2.05, 4.69) is 91.5 Å². The number of fused-ring (bicyclic) bond motifs is 3. The third-order valence-corrected chi connectivity index (χ3v) is 11.7. The van der Waals surface area contributed by atoms with Crippen LogP contribution < -0.4 is 14.0 Å². The Kier molecular flexibility index (Phi) is 8.94. The molecule has 0 unspecified atom stereocenters. The van der Waals surface area contributed by atoms with Crippen LogP contribution in [-0.4, -0.2) is 14.2 Å². The maximum Gasteiger partial charge on any atom is 0.169 e. The third-order valence-electron chi connectivity index (χ3n) is 7.86. The lowest BCUT2D eigenvalue weighted by Gasteiger charge is -2.13. The van der Waals surface area contributed by atoms with Gasteiger partial charge in [-0.1, -0.05) is 50.8 Å². The van der Waals surface area contributed by atoms with E-state index in [1.54, 1.807) is 14.2 Å².